The van der Waals surface area contributed by atoms with E-state index in [1.54, 1.807) is 24.3 Å². The first-order valence-corrected chi connectivity index (χ1v) is 5.23. The monoisotopic (exact) mass is 227 g/mol. The first-order valence-electron chi connectivity index (χ1n) is 4.86. The van der Waals surface area contributed by atoms with Crippen molar-refractivity contribution in [1.82, 2.24) is 5.32 Å². The van der Waals surface area contributed by atoms with Gasteiger partial charge in [0, 0.05) is 6.54 Å². The topological polar surface area (TPSA) is 49.3 Å². The summed E-state index contributed by atoms with van der Waals surface area (Å²) >= 11 is 5.84. The van der Waals surface area contributed by atoms with E-state index in [0.717, 1.165) is 0 Å². The second-order valence-corrected chi connectivity index (χ2v) is 3.66. The molecule has 82 valence electrons. The zero-order chi connectivity index (χ0) is 11.3. The maximum Gasteiger partial charge on any atom is 0.252 e. The average molecular weight is 228 g/mol. The second kappa shape index (κ2) is 5.73. The van der Waals surface area contributed by atoms with Crippen molar-refractivity contribution in [2.75, 3.05) is 6.54 Å². The van der Waals surface area contributed by atoms with E-state index in [0.29, 0.717) is 17.0 Å². The Morgan fingerprint density at radius 3 is 2.80 bits per heavy atom. The standard InChI is InChI=1S/C11H14ClNO2/c1-2-8(14)7-13-11(15)9-5-3-4-6-10(9)12/h3-6,8,14H,2,7H2,1H3,(H,13,15). The normalized spacial score (nSPS) is 12.2. The van der Waals surface area contributed by atoms with Gasteiger partial charge < -0.3 is 10.4 Å². The molecule has 15 heavy (non-hydrogen) atoms. The third-order valence-electron chi connectivity index (χ3n) is 2.09. The molecule has 0 heterocycles. The number of rotatable bonds is 4. The van der Waals surface area contributed by atoms with Gasteiger partial charge in [-0.15, -0.1) is 0 Å². The molecule has 3 nitrogen and oxygen atoms in total. The molecule has 1 rings (SSSR count). The molecule has 1 atom stereocenters. The fourth-order valence-electron chi connectivity index (χ4n) is 1.10. The van der Waals surface area contributed by atoms with Crippen LogP contribution in [0.4, 0.5) is 0 Å². The van der Waals surface area contributed by atoms with Gasteiger partial charge in [-0.25, -0.2) is 0 Å². The van der Waals surface area contributed by atoms with Gasteiger partial charge in [-0.3, -0.25) is 4.79 Å². The van der Waals surface area contributed by atoms with Crippen molar-refractivity contribution in [2.24, 2.45) is 0 Å². The number of carbonyl (C=O) groups is 1. The molecule has 0 spiro atoms. The number of benzene rings is 1. The van der Waals surface area contributed by atoms with Gasteiger partial charge in [0.25, 0.3) is 5.91 Å². The lowest BCUT2D eigenvalue weighted by molar-refractivity contribution is 0.0914. The number of carbonyl (C=O) groups excluding carboxylic acids is 1. The van der Waals surface area contributed by atoms with Gasteiger partial charge >= 0.3 is 0 Å². The number of hydrogen-bond donors (Lipinski definition) is 2. The van der Waals surface area contributed by atoms with Crippen LogP contribution < -0.4 is 5.32 Å². The van der Waals surface area contributed by atoms with Crippen LogP contribution in [0.5, 0.6) is 0 Å². The lowest BCUT2D eigenvalue weighted by Gasteiger charge is -2.09. The zero-order valence-corrected chi connectivity index (χ0v) is 9.29. The van der Waals surface area contributed by atoms with Crippen LogP contribution in [0, 0.1) is 0 Å². The summed E-state index contributed by atoms with van der Waals surface area (Å²) < 4.78 is 0. The number of aliphatic hydroxyl groups excluding tert-OH is 1. The van der Waals surface area contributed by atoms with Crippen molar-refractivity contribution in [1.29, 1.82) is 0 Å². The molecule has 0 aliphatic carbocycles. The number of amides is 1. The molecule has 0 aliphatic rings. The first kappa shape index (κ1) is 12.0. The Morgan fingerprint density at radius 2 is 2.20 bits per heavy atom. The van der Waals surface area contributed by atoms with E-state index in [1.807, 2.05) is 6.92 Å². The van der Waals surface area contributed by atoms with Crippen molar-refractivity contribution in [2.45, 2.75) is 19.4 Å². The Kier molecular flexibility index (Phi) is 4.59. The summed E-state index contributed by atoms with van der Waals surface area (Å²) in [6.07, 6.45) is 0.111. The molecule has 0 saturated heterocycles. The maximum atomic E-state index is 11.6. The van der Waals surface area contributed by atoms with Crippen LogP contribution in [0.3, 0.4) is 0 Å². The Bertz CT molecular complexity index is 341. The van der Waals surface area contributed by atoms with Crippen LogP contribution >= 0.6 is 11.6 Å². The van der Waals surface area contributed by atoms with Gasteiger partial charge in [0.05, 0.1) is 16.7 Å². The third-order valence-corrected chi connectivity index (χ3v) is 2.42. The molecule has 1 amide bonds. The number of halogens is 1. The molecular formula is C11H14ClNO2. The summed E-state index contributed by atoms with van der Waals surface area (Å²) in [7, 11) is 0. The summed E-state index contributed by atoms with van der Waals surface area (Å²) in [4.78, 5) is 11.6. The summed E-state index contributed by atoms with van der Waals surface area (Å²) in [6, 6.07) is 6.82. The van der Waals surface area contributed by atoms with Crippen molar-refractivity contribution >= 4 is 17.5 Å². The van der Waals surface area contributed by atoms with E-state index >= 15 is 0 Å². The average Bonchev–Trinajstić information content (AvgIpc) is 2.26. The minimum absolute atomic E-state index is 0.251. The highest BCUT2D eigenvalue weighted by molar-refractivity contribution is 6.33. The summed E-state index contributed by atoms with van der Waals surface area (Å²) in [5.74, 6) is -0.256. The van der Waals surface area contributed by atoms with Crippen LogP contribution in [-0.4, -0.2) is 23.7 Å². The molecule has 0 aromatic heterocycles. The molecule has 0 saturated carbocycles. The van der Waals surface area contributed by atoms with Gasteiger partial charge in [-0.1, -0.05) is 30.7 Å². The minimum Gasteiger partial charge on any atom is -0.391 e. The van der Waals surface area contributed by atoms with Crippen molar-refractivity contribution in [3.05, 3.63) is 34.9 Å². The SMILES string of the molecule is CCC(O)CNC(=O)c1ccccc1Cl. The summed E-state index contributed by atoms with van der Waals surface area (Å²) in [6.45, 7) is 2.10. The van der Waals surface area contributed by atoms with E-state index in [9.17, 15) is 9.90 Å². The summed E-state index contributed by atoms with van der Waals surface area (Å²) in [5, 5.41) is 12.3. The van der Waals surface area contributed by atoms with Gasteiger partial charge in [0.1, 0.15) is 0 Å². The van der Waals surface area contributed by atoms with Gasteiger partial charge in [0.2, 0.25) is 0 Å². The van der Waals surface area contributed by atoms with E-state index < -0.39 is 6.10 Å². The van der Waals surface area contributed by atoms with Crippen LogP contribution in [0.25, 0.3) is 0 Å². The van der Waals surface area contributed by atoms with Gasteiger partial charge in [-0.2, -0.15) is 0 Å². The van der Waals surface area contributed by atoms with E-state index in [4.69, 9.17) is 11.6 Å². The lowest BCUT2D eigenvalue weighted by Crippen LogP contribution is -2.31. The molecule has 0 bridgehead atoms. The molecule has 0 aliphatic heterocycles. The Labute approximate surface area is 94.1 Å². The molecule has 0 fully saturated rings. The van der Waals surface area contributed by atoms with Crippen LogP contribution in [0.1, 0.15) is 23.7 Å². The van der Waals surface area contributed by atoms with Gasteiger partial charge in [0.15, 0.2) is 0 Å². The van der Waals surface area contributed by atoms with Gasteiger partial charge in [-0.05, 0) is 18.6 Å². The van der Waals surface area contributed by atoms with E-state index in [1.165, 1.54) is 0 Å². The Balaban J connectivity index is 2.58. The molecule has 1 aromatic rings. The molecule has 4 heteroatoms. The number of nitrogens with one attached hydrogen (secondary N) is 1. The third kappa shape index (κ3) is 3.53. The van der Waals surface area contributed by atoms with Crippen molar-refractivity contribution in [3.63, 3.8) is 0 Å². The van der Waals surface area contributed by atoms with E-state index in [-0.39, 0.29) is 12.5 Å². The molecule has 2 N–H and O–H groups in total. The molecule has 1 aromatic carbocycles. The summed E-state index contributed by atoms with van der Waals surface area (Å²) in [5.41, 5.74) is 0.433. The highest BCUT2D eigenvalue weighted by atomic mass is 35.5. The predicted molar refractivity (Wildman–Crippen MR) is 60.1 cm³/mol. The smallest absolute Gasteiger partial charge is 0.252 e. The van der Waals surface area contributed by atoms with Crippen molar-refractivity contribution in [3.8, 4) is 0 Å². The molecule has 1 unspecified atom stereocenters. The van der Waals surface area contributed by atoms with Crippen LogP contribution in [0.2, 0.25) is 5.02 Å². The predicted octanol–water partition coefficient (Wildman–Crippen LogP) is 1.84. The first-order chi connectivity index (χ1) is 7.15. The highest BCUT2D eigenvalue weighted by Gasteiger charge is 2.10. The lowest BCUT2D eigenvalue weighted by atomic mass is 10.2. The molecular weight excluding hydrogens is 214 g/mol. The Morgan fingerprint density at radius 1 is 1.53 bits per heavy atom. The highest BCUT2D eigenvalue weighted by Crippen LogP contribution is 2.14. The zero-order valence-electron chi connectivity index (χ0n) is 8.53. The largest absolute Gasteiger partial charge is 0.391 e. The Hall–Kier alpha value is -1.06. The van der Waals surface area contributed by atoms with Crippen LogP contribution in [0.15, 0.2) is 24.3 Å². The molecule has 0 radical (unpaired) electrons. The van der Waals surface area contributed by atoms with Crippen molar-refractivity contribution < 1.29 is 9.90 Å². The maximum absolute atomic E-state index is 11.6. The van der Waals surface area contributed by atoms with Crippen LogP contribution in [-0.2, 0) is 0 Å². The number of hydrogen-bond acceptors (Lipinski definition) is 2. The second-order valence-electron chi connectivity index (χ2n) is 3.25. The van der Waals surface area contributed by atoms with E-state index in [2.05, 4.69) is 5.32 Å². The number of aliphatic hydroxyl groups is 1. The fraction of sp³-hybridized carbons (Fsp3) is 0.364. The fourth-order valence-corrected chi connectivity index (χ4v) is 1.32. The quantitative estimate of drug-likeness (QED) is 0.825. The minimum atomic E-state index is -0.503.